The maximum absolute atomic E-state index is 9.03. The van der Waals surface area contributed by atoms with Crippen molar-refractivity contribution in [1.29, 1.82) is 0 Å². The third-order valence-corrected chi connectivity index (χ3v) is 2.77. The Bertz CT molecular complexity index is 530. The van der Waals surface area contributed by atoms with Gasteiger partial charge >= 0.3 is 0 Å². The minimum absolute atomic E-state index is 0. The number of halogens is 2. The molecule has 0 spiro atoms. The van der Waals surface area contributed by atoms with Crippen LogP contribution < -0.4 is 5.73 Å². The topological polar surface area (TPSA) is 77.0 Å². The van der Waals surface area contributed by atoms with E-state index in [-0.39, 0.29) is 19.0 Å². The Kier molecular flexibility index (Phi) is 5.10. The first kappa shape index (κ1) is 14.9. The van der Waals surface area contributed by atoms with Crippen LogP contribution in [0.3, 0.4) is 0 Å². The van der Waals surface area contributed by atoms with Crippen molar-refractivity contribution in [2.45, 2.75) is 13.0 Å². The van der Waals surface area contributed by atoms with Crippen LogP contribution in [0.1, 0.15) is 17.4 Å². The largest absolute Gasteiger partial charge is 0.394 e. The van der Waals surface area contributed by atoms with Crippen LogP contribution in [-0.2, 0) is 0 Å². The van der Waals surface area contributed by atoms with Crippen molar-refractivity contribution >= 4 is 24.0 Å². The number of benzene rings is 1. The van der Waals surface area contributed by atoms with Gasteiger partial charge in [-0.1, -0.05) is 17.7 Å². The van der Waals surface area contributed by atoms with Gasteiger partial charge in [-0.3, -0.25) is 0 Å². The molecule has 1 aromatic carbocycles. The highest BCUT2D eigenvalue weighted by atomic mass is 35.5. The van der Waals surface area contributed by atoms with Gasteiger partial charge in [0, 0.05) is 0 Å². The summed E-state index contributed by atoms with van der Waals surface area (Å²) in [6.45, 7) is 1.69. The van der Waals surface area contributed by atoms with Gasteiger partial charge in [-0.25, -0.2) is 9.67 Å². The standard InChI is InChI=1S/C11H13ClN4O.ClH/c1-7-14-6-16(15-7)11-4-8(10(13)5-17)2-3-9(11)12;/h2-4,6,10,17H,5,13H2,1H3;1H. The summed E-state index contributed by atoms with van der Waals surface area (Å²) in [5.41, 5.74) is 7.27. The lowest BCUT2D eigenvalue weighted by Gasteiger charge is -2.11. The SMILES string of the molecule is Cc1ncn(-c2cc(C(N)CO)ccc2Cl)n1.Cl. The van der Waals surface area contributed by atoms with Crippen molar-refractivity contribution in [2.24, 2.45) is 5.73 Å². The van der Waals surface area contributed by atoms with Crippen molar-refractivity contribution in [3.63, 3.8) is 0 Å². The van der Waals surface area contributed by atoms with E-state index in [2.05, 4.69) is 10.1 Å². The highest BCUT2D eigenvalue weighted by Gasteiger charge is 2.10. The van der Waals surface area contributed by atoms with E-state index in [4.69, 9.17) is 22.4 Å². The van der Waals surface area contributed by atoms with Gasteiger partial charge in [0.15, 0.2) is 0 Å². The summed E-state index contributed by atoms with van der Waals surface area (Å²) in [7, 11) is 0. The van der Waals surface area contributed by atoms with Crippen molar-refractivity contribution < 1.29 is 5.11 Å². The van der Waals surface area contributed by atoms with Gasteiger partial charge in [0.2, 0.25) is 0 Å². The normalized spacial score (nSPS) is 12.0. The molecule has 0 radical (unpaired) electrons. The van der Waals surface area contributed by atoms with Crippen LogP contribution in [0.4, 0.5) is 0 Å². The molecule has 0 aliphatic carbocycles. The number of nitrogens with two attached hydrogens (primary N) is 1. The van der Waals surface area contributed by atoms with Gasteiger partial charge in [-0.2, -0.15) is 5.10 Å². The van der Waals surface area contributed by atoms with E-state index in [1.165, 1.54) is 0 Å². The third kappa shape index (κ3) is 3.00. The lowest BCUT2D eigenvalue weighted by atomic mass is 10.1. The van der Waals surface area contributed by atoms with Gasteiger partial charge in [0.05, 0.1) is 23.4 Å². The summed E-state index contributed by atoms with van der Waals surface area (Å²) < 4.78 is 1.59. The second-order valence-electron chi connectivity index (χ2n) is 3.74. The first-order valence-electron chi connectivity index (χ1n) is 5.16. The zero-order valence-corrected chi connectivity index (χ0v) is 11.3. The smallest absolute Gasteiger partial charge is 0.147 e. The summed E-state index contributed by atoms with van der Waals surface area (Å²) in [6, 6.07) is 4.91. The molecule has 5 nitrogen and oxygen atoms in total. The van der Waals surface area contributed by atoms with E-state index in [1.807, 2.05) is 0 Å². The van der Waals surface area contributed by atoms with Crippen LogP contribution in [0.15, 0.2) is 24.5 Å². The molecule has 18 heavy (non-hydrogen) atoms. The van der Waals surface area contributed by atoms with Crippen molar-refractivity contribution in [2.75, 3.05) is 6.61 Å². The fourth-order valence-corrected chi connectivity index (χ4v) is 1.71. The average molecular weight is 289 g/mol. The number of hydrogen-bond acceptors (Lipinski definition) is 4. The Morgan fingerprint density at radius 3 is 2.78 bits per heavy atom. The Morgan fingerprint density at radius 1 is 1.50 bits per heavy atom. The molecule has 1 heterocycles. The number of aryl methyl sites for hydroxylation is 1. The fourth-order valence-electron chi connectivity index (χ4n) is 1.50. The lowest BCUT2D eigenvalue weighted by Crippen LogP contribution is -2.14. The van der Waals surface area contributed by atoms with E-state index in [9.17, 15) is 0 Å². The van der Waals surface area contributed by atoms with E-state index >= 15 is 0 Å². The van der Waals surface area contributed by atoms with Gasteiger partial charge in [0.25, 0.3) is 0 Å². The van der Waals surface area contributed by atoms with Gasteiger partial charge in [0.1, 0.15) is 12.2 Å². The summed E-state index contributed by atoms with van der Waals surface area (Å²) in [5.74, 6) is 0.665. The third-order valence-electron chi connectivity index (χ3n) is 2.45. The Balaban J connectivity index is 0.00000162. The molecule has 2 aromatic rings. The molecule has 1 atom stereocenters. The predicted molar refractivity (Wildman–Crippen MR) is 72.4 cm³/mol. The highest BCUT2D eigenvalue weighted by molar-refractivity contribution is 6.32. The summed E-state index contributed by atoms with van der Waals surface area (Å²) >= 11 is 6.10. The fraction of sp³-hybridized carbons (Fsp3) is 0.273. The molecule has 1 unspecified atom stereocenters. The monoisotopic (exact) mass is 288 g/mol. The summed E-state index contributed by atoms with van der Waals surface area (Å²) in [6.07, 6.45) is 1.59. The van der Waals surface area contributed by atoms with Crippen molar-refractivity contribution in [1.82, 2.24) is 14.8 Å². The summed E-state index contributed by atoms with van der Waals surface area (Å²) in [4.78, 5) is 4.04. The Labute approximate surface area is 116 Å². The predicted octanol–water partition coefficient (Wildman–Crippen LogP) is 1.64. The molecule has 0 saturated heterocycles. The molecule has 98 valence electrons. The second-order valence-corrected chi connectivity index (χ2v) is 4.14. The molecule has 0 fully saturated rings. The second kappa shape index (κ2) is 6.15. The van der Waals surface area contributed by atoms with E-state index in [0.717, 1.165) is 5.56 Å². The molecule has 3 N–H and O–H groups in total. The molecule has 1 aromatic heterocycles. The number of aromatic nitrogens is 3. The quantitative estimate of drug-likeness (QED) is 0.900. The molecule has 2 rings (SSSR count). The minimum atomic E-state index is -0.421. The van der Waals surface area contributed by atoms with Gasteiger partial charge in [-0.05, 0) is 24.6 Å². The Hall–Kier alpha value is -1.14. The van der Waals surface area contributed by atoms with E-state index in [0.29, 0.717) is 16.5 Å². The molecule has 0 bridgehead atoms. The lowest BCUT2D eigenvalue weighted by molar-refractivity contribution is 0.268. The van der Waals surface area contributed by atoms with Crippen LogP contribution in [-0.4, -0.2) is 26.5 Å². The van der Waals surface area contributed by atoms with Gasteiger partial charge < -0.3 is 10.8 Å². The summed E-state index contributed by atoms with van der Waals surface area (Å²) in [5, 5.41) is 13.8. The highest BCUT2D eigenvalue weighted by Crippen LogP contribution is 2.23. The number of aliphatic hydroxyl groups is 1. The first-order valence-corrected chi connectivity index (χ1v) is 5.54. The number of nitrogens with zero attached hydrogens (tertiary/aromatic N) is 3. The minimum Gasteiger partial charge on any atom is -0.394 e. The molecular weight excluding hydrogens is 275 g/mol. The van der Waals surface area contributed by atoms with E-state index < -0.39 is 6.04 Å². The van der Waals surface area contributed by atoms with Crippen LogP contribution in [0.2, 0.25) is 5.02 Å². The van der Waals surface area contributed by atoms with Gasteiger partial charge in [-0.15, -0.1) is 12.4 Å². The van der Waals surface area contributed by atoms with Crippen LogP contribution >= 0.6 is 24.0 Å². The Morgan fingerprint density at radius 2 is 2.22 bits per heavy atom. The molecular formula is C11H14Cl2N4O. The zero-order valence-electron chi connectivity index (χ0n) is 9.75. The first-order chi connectivity index (χ1) is 8.11. The number of aliphatic hydroxyl groups excluding tert-OH is 1. The van der Waals surface area contributed by atoms with Crippen molar-refractivity contribution in [3.05, 3.63) is 40.9 Å². The molecule has 0 saturated carbocycles. The maximum atomic E-state index is 9.03. The molecule has 0 aliphatic rings. The number of rotatable bonds is 3. The molecule has 7 heteroatoms. The van der Waals surface area contributed by atoms with E-state index in [1.54, 1.807) is 36.1 Å². The molecule has 0 amide bonds. The maximum Gasteiger partial charge on any atom is 0.147 e. The average Bonchev–Trinajstić information content (AvgIpc) is 2.75. The van der Waals surface area contributed by atoms with Crippen LogP contribution in [0.25, 0.3) is 5.69 Å². The van der Waals surface area contributed by atoms with Crippen molar-refractivity contribution in [3.8, 4) is 5.69 Å². The zero-order chi connectivity index (χ0) is 12.4. The number of hydrogen-bond donors (Lipinski definition) is 2. The van der Waals surface area contributed by atoms with Crippen LogP contribution in [0.5, 0.6) is 0 Å². The molecule has 0 aliphatic heterocycles. The van der Waals surface area contributed by atoms with Crippen LogP contribution in [0, 0.1) is 6.92 Å².